The molecule has 0 spiro atoms. The van der Waals surface area contributed by atoms with Crippen LogP contribution < -0.4 is 5.32 Å². The van der Waals surface area contributed by atoms with Crippen LogP contribution in [0.15, 0.2) is 42.5 Å². The molecule has 4 heteroatoms. The highest BCUT2D eigenvalue weighted by molar-refractivity contribution is 5.80. The maximum Gasteiger partial charge on any atom is 0.138 e. The normalized spacial score (nSPS) is 15.4. The molecule has 2 heterocycles. The summed E-state index contributed by atoms with van der Waals surface area (Å²) in [6.07, 6.45) is 0. The first-order chi connectivity index (χ1) is 9.79. The summed E-state index contributed by atoms with van der Waals surface area (Å²) in [7, 11) is 0. The van der Waals surface area contributed by atoms with Crippen LogP contribution in [0.4, 0.5) is 4.39 Å². The molecule has 1 aliphatic rings. The van der Waals surface area contributed by atoms with E-state index in [1.54, 1.807) is 6.07 Å². The van der Waals surface area contributed by atoms with Gasteiger partial charge in [-0.25, -0.2) is 9.37 Å². The monoisotopic (exact) mass is 267 g/mol. The van der Waals surface area contributed by atoms with E-state index in [-0.39, 0.29) is 5.82 Å². The Labute approximate surface area is 115 Å². The number of benzene rings is 2. The summed E-state index contributed by atoms with van der Waals surface area (Å²) < 4.78 is 13.3. The Morgan fingerprint density at radius 3 is 2.75 bits per heavy atom. The van der Waals surface area contributed by atoms with Crippen molar-refractivity contribution in [3.63, 3.8) is 0 Å². The molecule has 1 fully saturated rings. The smallest absolute Gasteiger partial charge is 0.138 e. The largest absolute Gasteiger partial charge is 0.338 e. The number of nitrogens with one attached hydrogen (secondary N) is 2. The van der Waals surface area contributed by atoms with Crippen LogP contribution >= 0.6 is 0 Å². The van der Waals surface area contributed by atoms with Gasteiger partial charge in [0.2, 0.25) is 0 Å². The van der Waals surface area contributed by atoms with Crippen molar-refractivity contribution in [2.24, 2.45) is 0 Å². The lowest BCUT2D eigenvalue weighted by atomic mass is 9.93. The summed E-state index contributed by atoms with van der Waals surface area (Å²) in [4.78, 5) is 7.81. The van der Waals surface area contributed by atoms with Crippen molar-refractivity contribution in [2.45, 2.75) is 5.92 Å². The molecular weight excluding hydrogens is 253 g/mol. The first-order valence-electron chi connectivity index (χ1n) is 6.76. The van der Waals surface area contributed by atoms with Gasteiger partial charge in [0.05, 0.1) is 11.0 Å². The molecular formula is C16H14FN3. The minimum atomic E-state index is -0.246. The average Bonchev–Trinajstić information content (AvgIpc) is 2.80. The van der Waals surface area contributed by atoms with Crippen LogP contribution in [0, 0.1) is 5.82 Å². The second-order valence-electron chi connectivity index (χ2n) is 5.23. The lowest BCUT2D eigenvalue weighted by Crippen LogP contribution is -2.39. The number of rotatable bonds is 2. The average molecular weight is 267 g/mol. The van der Waals surface area contributed by atoms with Crippen LogP contribution in [0.3, 0.4) is 0 Å². The predicted octanol–water partition coefficient (Wildman–Crippen LogP) is 3.06. The Bertz CT molecular complexity index is 774. The number of H-pyrrole nitrogens is 1. The van der Waals surface area contributed by atoms with E-state index in [4.69, 9.17) is 0 Å². The molecule has 2 aromatic carbocycles. The van der Waals surface area contributed by atoms with Crippen LogP contribution in [0.1, 0.15) is 11.5 Å². The summed E-state index contributed by atoms with van der Waals surface area (Å²) in [5.41, 5.74) is 4.02. The third-order valence-corrected chi connectivity index (χ3v) is 3.86. The number of aromatic nitrogens is 2. The summed E-state index contributed by atoms with van der Waals surface area (Å²) in [6, 6.07) is 12.8. The molecule has 0 unspecified atom stereocenters. The SMILES string of the molecule is Fc1cccc(-c2nc3ccc(C4CNC4)cc3[nH]2)c1. The van der Waals surface area contributed by atoms with E-state index in [1.807, 2.05) is 12.1 Å². The van der Waals surface area contributed by atoms with Gasteiger partial charge in [0, 0.05) is 24.6 Å². The van der Waals surface area contributed by atoms with E-state index in [0.717, 1.165) is 29.7 Å². The highest BCUT2D eigenvalue weighted by Crippen LogP contribution is 2.26. The van der Waals surface area contributed by atoms with Crippen molar-refractivity contribution in [1.82, 2.24) is 15.3 Å². The van der Waals surface area contributed by atoms with Crippen LogP contribution in [0.2, 0.25) is 0 Å². The molecule has 0 bridgehead atoms. The number of nitrogens with zero attached hydrogens (tertiary/aromatic N) is 1. The molecule has 1 aliphatic heterocycles. The zero-order valence-corrected chi connectivity index (χ0v) is 10.9. The van der Waals surface area contributed by atoms with Crippen LogP contribution in [0.25, 0.3) is 22.4 Å². The van der Waals surface area contributed by atoms with Crippen LogP contribution in [-0.4, -0.2) is 23.1 Å². The fourth-order valence-electron chi connectivity index (χ4n) is 2.58. The lowest BCUT2D eigenvalue weighted by Gasteiger charge is -2.27. The molecule has 3 nitrogen and oxygen atoms in total. The zero-order chi connectivity index (χ0) is 13.5. The molecule has 1 aromatic heterocycles. The van der Waals surface area contributed by atoms with Gasteiger partial charge in [0.1, 0.15) is 11.6 Å². The van der Waals surface area contributed by atoms with Gasteiger partial charge in [-0.2, -0.15) is 0 Å². The van der Waals surface area contributed by atoms with Crippen molar-refractivity contribution in [3.05, 3.63) is 53.8 Å². The summed E-state index contributed by atoms with van der Waals surface area (Å²) in [5, 5.41) is 3.28. The van der Waals surface area contributed by atoms with E-state index in [1.165, 1.54) is 17.7 Å². The standard InChI is InChI=1S/C16H14FN3/c17-13-3-1-2-11(6-13)16-19-14-5-4-10(7-15(14)20-16)12-8-18-9-12/h1-7,12,18H,8-9H2,(H,19,20). The highest BCUT2D eigenvalue weighted by atomic mass is 19.1. The third kappa shape index (κ3) is 1.89. The van der Waals surface area contributed by atoms with Crippen molar-refractivity contribution in [1.29, 1.82) is 0 Å². The van der Waals surface area contributed by atoms with Crippen LogP contribution in [0.5, 0.6) is 0 Å². The molecule has 4 rings (SSSR count). The molecule has 0 atom stereocenters. The minimum absolute atomic E-state index is 0.246. The minimum Gasteiger partial charge on any atom is -0.338 e. The fourth-order valence-corrected chi connectivity index (χ4v) is 2.58. The molecule has 0 saturated carbocycles. The number of aromatic amines is 1. The molecule has 0 amide bonds. The molecule has 3 aromatic rings. The van der Waals surface area contributed by atoms with Crippen molar-refractivity contribution < 1.29 is 4.39 Å². The van der Waals surface area contributed by atoms with E-state index < -0.39 is 0 Å². The van der Waals surface area contributed by atoms with E-state index in [0.29, 0.717) is 11.7 Å². The predicted molar refractivity (Wildman–Crippen MR) is 77.1 cm³/mol. The molecule has 1 saturated heterocycles. The van der Waals surface area contributed by atoms with E-state index in [2.05, 4.69) is 27.4 Å². The molecule has 20 heavy (non-hydrogen) atoms. The topological polar surface area (TPSA) is 40.7 Å². The quantitative estimate of drug-likeness (QED) is 0.749. The van der Waals surface area contributed by atoms with Gasteiger partial charge in [-0.3, -0.25) is 0 Å². The van der Waals surface area contributed by atoms with Gasteiger partial charge in [-0.1, -0.05) is 18.2 Å². The Hall–Kier alpha value is -2.20. The van der Waals surface area contributed by atoms with Gasteiger partial charge in [-0.05, 0) is 29.8 Å². The first-order valence-corrected chi connectivity index (χ1v) is 6.76. The van der Waals surface area contributed by atoms with Crippen molar-refractivity contribution >= 4 is 11.0 Å². The second-order valence-corrected chi connectivity index (χ2v) is 5.23. The Morgan fingerprint density at radius 1 is 1.10 bits per heavy atom. The van der Waals surface area contributed by atoms with Gasteiger partial charge in [-0.15, -0.1) is 0 Å². The Balaban J connectivity index is 1.78. The highest BCUT2D eigenvalue weighted by Gasteiger charge is 2.19. The number of imidazole rings is 1. The van der Waals surface area contributed by atoms with Gasteiger partial charge >= 0.3 is 0 Å². The first kappa shape index (κ1) is 11.6. The van der Waals surface area contributed by atoms with Gasteiger partial charge in [0.15, 0.2) is 0 Å². The van der Waals surface area contributed by atoms with Gasteiger partial charge < -0.3 is 10.3 Å². The van der Waals surface area contributed by atoms with Crippen molar-refractivity contribution in [2.75, 3.05) is 13.1 Å². The Morgan fingerprint density at radius 2 is 2.00 bits per heavy atom. The second kappa shape index (κ2) is 4.42. The molecule has 0 radical (unpaired) electrons. The number of hydrogen-bond acceptors (Lipinski definition) is 2. The molecule has 0 aliphatic carbocycles. The summed E-state index contributed by atoms with van der Waals surface area (Å²) >= 11 is 0. The maximum absolute atomic E-state index is 13.3. The van der Waals surface area contributed by atoms with E-state index in [9.17, 15) is 4.39 Å². The summed E-state index contributed by atoms with van der Waals surface area (Å²) in [6.45, 7) is 2.08. The molecule has 2 N–H and O–H groups in total. The zero-order valence-electron chi connectivity index (χ0n) is 10.9. The lowest BCUT2D eigenvalue weighted by molar-refractivity contribution is 0.449. The third-order valence-electron chi connectivity index (χ3n) is 3.86. The summed E-state index contributed by atoms with van der Waals surface area (Å²) in [5.74, 6) is 1.06. The number of fused-ring (bicyclic) bond motifs is 1. The van der Waals surface area contributed by atoms with Gasteiger partial charge in [0.25, 0.3) is 0 Å². The number of hydrogen-bond donors (Lipinski definition) is 2. The van der Waals surface area contributed by atoms with Crippen LogP contribution in [-0.2, 0) is 0 Å². The molecule has 100 valence electrons. The number of halogens is 1. The Kier molecular flexibility index (Phi) is 2.57. The van der Waals surface area contributed by atoms with E-state index >= 15 is 0 Å². The maximum atomic E-state index is 13.3. The van der Waals surface area contributed by atoms with Crippen molar-refractivity contribution in [3.8, 4) is 11.4 Å². The fraction of sp³-hybridized carbons (Fsp3) is 0.188.